The molecule has 0 aromatic rings. The lowest BCUT2D eigenvalue weighted by atomic mass is 10.1. The third-order valence-corrected chi connectivity index (χ3v) is 3.12. The average molecular weight is 287 g/mol. The van der Waals surface area contributed by atoms with E-state index in [0.717, 1.165) is 39.1 Å². The van der Waals surface area contributed by atoms with Crippen molar-refractivity contribution in [1.82, 2.24) is 10.2 Å². The van der Waals surface area contributed by atoms with Gasteiger partial charge in [0.15, 0.2) is 0 Å². The van der Waals surface area contributed by atoms with Gasteiger partial charge in [0.05, 0.1) is 13.2 Å². The summed E-state index contributed by atoms with van der Waals surface area (Å²) in [4.78, 5) is 14.0. The number of piperidine rings is 1. The minimum absolute atomic E-state index is 0.214. The van der Waals surface area contributed by atoms with Gasteiger partial charge in [-0.1, -0.05) is 0 Å². The van der Waals surface area contributed by atoms with Crippen LogP contribution in [0.1, 0.15) is 33.6 Å². The number of hydrogen-bond acceptors (Lipinski definition) is 5. The third-order valence-electron chi connectivity index (χ3n) is 3.12. The first-order valence-electron chi connectivity index (χ1n) is 7.40. The van der Waals surface area contributed by atoms with E-state index in [0.29, 0.717) is 13.2 Å². The summed E-state index contributed by atoms with van der Waals surface area (Å²) in [5, 5.41) is 2.94. The number of amides is 1. The number of carbonyl (C=O) groups is 1. The molecule has 1 amide bonds. The molecule has 1 aliphatic heterocycles. The van der Waals surface area contributed by atoms with Crippen LogP contribution in [0.15, 0.2) is 0 Å². The first-order valence-corrected chi connectivity index (χ1v) is 7.40. The number of rotatable bonds is 6. The fourth-order valence-electron chi connectivity index (χ4n) is 2.15. The maximum absolute atomic E-state index is 11.7. The topological polar surface area (TPSA) is 76.8 Å². The Kier molecular flexibility index (Phi) is 7.26. The summed E-state index contributed by atoms with van der Waals surface area (Å²) in [6.45, 7) is 10.4. The van der Waals surface area contributed by atoms with Crippen molar-refractivity contribution in [2.75, 3.05) is 39.4 Å². The standard InChI is InChI=1S/C14H29N3O3/c1-14(2,3)20-13(18)16-12-4-7-17(8-5-12)9-11-19-10-6-15/h12H,4-11,15H2,1-3H3,(H,16,18). The molecule has 3 N–H and O–H groups in total. The molecule has 118 valence electrons. The second-order valence-electron chi connectivity index (χ2n) is 6.16. The van der Waals surface area contributed by atoms with Crippen LogP contribution in [0.2, 0.25) is 0 Å². The number of nitrogens with one attached hydrogen (secondary N) is 1. The van der Waals surface area contributed by atoms with Crippen molar-refractivity contribution in [3.8, 4) is 0 Å². The highest BCUT2D eigenvalue weighted by atomic mass is 16.6. The fourth-order valence-corrected chi connectivity index (χ4v) is 2.15. The Labute approximate surface area is 122 Å². The number of hydrogen-bond donors (Lipinski definition) is 2. The van der Waals surface area contributed by atoms with Gasteiger partial charge in [-0.15, -0.1) is 0 Å². The fraction of sp³-hybridized carbons (Fsp3) is 0.929. The molecule has 0 spiro atoms. The van der Waals surface area contributed by atoms with Gasteiger partial charge in [-0.25, -0.2) is 4.79 Å². The van der Waals surface area contributed by atoms with Crippen molar-refractivity contribution in [2.24, 2.45) is 5.73 Å². The molecule has 1 aliphatic rings. The smallest absolute Gasteiger partial charge is 0.407 e. The van der Waals surface area contributed by atoms with Gasteiger partial charge in [0, 0.05) is 32.2 Å². The molecule has 6 heteroatoms. The Hall–Kier alpha value is -0.850. The van der Waals surface area contributed by atoms with Crippen LogP contribution in [0.3, 0.4) is 0 Å². The molecule has 0 aromatic heterocycles. The number of carbonyl (C=O) groups excluding carboxylic acids is 1. The third kappa shape index (κ3) is 7.67. The van der Waals surface area contributed by atoms with Crippen molar-refractivity contribution >= 4 is 6.09 Å². The highest BCUT2D eigenvalue weighted by Crippen LogP contribution is 2.12. The number of nitrogens with two attached hydrogens (primary N) is 1. The second-order valence-corrected chi connectivity index (χ2v) is 6.16. The Morgan fingerprint density at radius 1 is 1.30 bits per heavy atom. The van der Waals surface area contributed by atoms with Crippen LogP contribution in [-0.2, 0) is 9.47 Å². The highest BCUT2D eigenvalue weighted by Gasteiger charge is 2.23. The van der Waals surface area contributed by atoms with Crippen LogP contribution >= 0.6 is 0 Å². The molecule has 0 aliphatic carbocycles. The van der Waals surface area contributed by atoms with Gasteiger partial charge in [-0.2, -0.15) is 0 Å². The van der Waals surface area contributed by atoms with Crippen molar-refractivity contribution in [1.29, 1.82) is 0 Å². The zero-order valence-corrected chi connectivity index (χ0v) is 13.0. The number of ether oxygens (including phenoxy) is 2. The van der Waals surface area contributed by atoms with Gasteiger partial charge in [0.2, 0.25) is 0 Å². The summed E-state index contributed by atoms with van der Waals surface area (Å²) in [6.07, 6.45) is 1.59. The predicted molar refractivity (Wildman–Crippen MR) is 78.7 cm³/mol. The van der Waals surface area contributed by atoms with Crippen molar-refractivity contribution in [3.05, 3.63) is 0 Å². The molecular weight excluding hydrogens is 258 g/mol. The quantitative estimate of drug-likeness (QED) is 0.711. The van der Waals surface area contributed by atoms with Gasteiger partial charge in [0.25, 0.3) is 0 Å². The summed E-state index contributed by atoms with van der Waals surface area (Å²) < 4.78 is 10.6. The number of likely N-dealkylation sites (tertiary alicyclic amines) is 1. The molecular formula is C14H29N3O3. The van der Waals surface area contributed by atoms with Gasteiger partial charge >= 0.3 is 6.09 Å². The van der Waals surface area contributed by atoms with E-state index >= 15 is 0 Å². The molecule has 0 atom stereocenters. The zero-order valence-electron chi connectivity index (χ0n) is 13.0. The van der Waals surface area contributed by atoms with Crippen LogP contribution < -0.4 is 11.1 Å². The second kappa shape index (κ2) is 8.44. The first kappa shape index (κ1) is 17.2. The van der Waals surface area contributed by atoms with Crippen LogP contribution in [-0.4, -0.2) is 62.0 Å². The lowest BCUT2D eigenvalue weighted by Gasteiger charge is -2.32. The summed E-state index contributed by atoms with van der Waals surface area (Å²) >= 11 is 0. The molecule has 1 rings (SSSR count). The molecule has 0 aromatic carbocycles. The van der Waals surface area contributed by atoms with E-state index in [-0.39, 0.29) is 12.1 Å². The van der Waals surface area contributed by atoms with Gasteiger partial charge in [0.1, 0.15) is 5.60 Å². The average Bonchev–Trinajstić information content (AvgIpc) is 2.34. The molecule has 0 bridgehead atoms. The molecule has 1 heterocycles. The predicted octanol–water partition coefficient (Wildman–Crippen LogP) is 0.951. The molecule has 0 saturated carbocycles. The van der Waals surface area contributed by atoms with E-state index in [1.165, 1.54) is 0 Å². The molecule has 0 radical (unpaired) electrons. The maximum Gasteiger partial charge on any atom is 0.407 e. The Bertz CT molecular complexity index is 284. The number of alkyl carbamates (subject to hydrolysis) is 1. The molecule has 20 heavy (non-hydrogen) atoms. The van der Waals surface area contributed by atoms with Crippen LogP contribution in [0.4, 0.5) is 4.79 Å². The minimum atomic E-state index is -0.439. The summed E-state index contributed by atoms with van der Waals surface area (Å²) in [5.74, 6) is 0. The Balaban J connectivity index is 2.14. The van der Waals surface area contributed by atoms with Gasteiger partial charge in [-0.3, -0.25) is 0 Å². The van der Waals surface area contributed by atoms with E-state index in [9.17, 15) is 4.79 Å². The van der Waals surface area contributed by atoms with Crippen LogP contribution in [0.25, 0.3) is 0 Å². The molecule has 1 saturated heterocycles. The SMILES string of the molecule is CC(C)(C)OC(=O)NC1CCN(CCOCCN)CC1. The minimum Gasteiger partial charge on any atom is -0.444 e. The monoisotopic (exact) mass is 287 g/mol. The van der Waals surface area contributed by atoms with E-state index < -0.39 is 5.60 Å². The maximum atomic E-state index is 11.7. The van der Waals surface area contributed by atoms with Crippen molar-refractivity contribution in [3.63, 3.8) is 0 Å². The molecule has 0 unspecified atom stereocenters. The van der Waals surface area contributed by atoms with Gasteiger partial charge in [-0.05, 0) is 33.6 Å². The highest BCUT2D eigenvalue weighted by molar-refractivity contribution is 5.68. The summed E-state index contributed by atoms with van der Waals surface area (Å²) in [7, 11) is 0. The van der Waals surface area contributed by atoms with E-state index in [4.69, 9.17) is 15.2 Å². The molecule has 6 nitrogen and oxygen atoms in total. The first-order chi connectivity index (χ1) is 9.40. The Morgan fingerprint density at radius 3 is 2.50 bits per heavy atom. The lowest BCUT2D eigenvalue weighted by Crippen LogP contribution is -2.46. The van der Waals surface area contributed by atoms with Crippen molar-refractivity contribution in [2.45, 2.75) is 45.3 Å². The Morgan fingerprint density at radius 2 is 1.95 bits per heavy atom. The van der Waals surface area contributed by atoms with E-state index in [2.05, 4.69) is 10.2 Å². The normalized spacial score (nSPS) is 18.0. The lowest BCUT2D eigenvalue weighted by molar-refractivity contribution is 0.0466. The van der Waals surface area contributed by atoms with E-state index in [1.807, 2.05) is 20.8 Å². The van der Waals surface area contributed by atoms with Crippen molar-refractivity contribution < 1.29 is 14.3 Å². The largest absolute Gasteiger partial charge is 0.444 e. The summed E-state index contributed by atoms with van der Waals surface area (Å²) in [5.41, 5.74) is 4.93. The number of nitrogens with zero attached hydrogens (tertiary/aromatic N) is 1. The zero-order chi connectivity index (χ0) is 15.0. The van der Waals surface area contributed by atoms with E-state index in [1.54, 1.807) is 0 Å². The molecule has 1 fully saturated rings. The van der Waals surface area contributed by atoms with Crippen LogP contribution in [0, 0.1) is 0 Å². The van der Waals surface area contributed by atoms with Crippen LogP contribution in [0.5, 0.6) is 0 Å². The van der Waals surface area contributed by atoms with Gasteiger partial charge < -0.3 is 25.4 Å². The summed E-state index contributed by atoms with van der Waals surface area (Å²) in [6, 6.07) is 0.214.